The van der Waals surface area contributed by atoms with Crippen LogP contribution in [0, 0.1) is 0 Å². The smallest absolute Gasteiger partial charge is 0.191 e. The Kier molecular flexibility index (Phi) is 8.81. The Morgan fingerprint density at radius 2 is 2.18 bits per heavy atom. The van der Waals surface area contributed by atoms with E-state index in [1.54, 1.807) is 17.5 Å². The van der Waals surface area contributed by atoms with E-state index in [1.807, 2.05) is 23.9 Å². The monoisotopic (exact) mass is 453 g/mol. The van der Waals surface area contributed by atoms with Crippen molar-refractivity contribution in [1.29, 1.82) is 0 Å². The van der Waals surface area contributed by atoms with Crippen LogP contribution in [0.25, 0.3) is 0 Å². The van der Waals surface area contributed by atoms with Gasteiger partial charge in [-0.3, -0.25) is 4.68 Å². The van der Waals surface area contributed by atoms with E-state index in [4.69, 9.17) is 11.6 Å². The quantitative estimate of drug-likeness (QED) is 0.402. The molecule has 0 aliphatic rings. The first kappa shape index (κ1) is 19.2. The zero-order valence-corrected chi connectivity index (χ0v) is 16.6. The van der Waals surface area contributed by atoms with Crippen LogP contribution < -0.4 is 10.6 Å². The second-order valence-corrected chi connectivity index (χ2v) is 6.32. The molecule has 2 rings (SSSR count). The molecule has 0 atom stereocenters. The Morgan fingerprint density at radius 1 is 1.36 bits per heavy atom. The molecule has 5 nitrogen and oxygen atoms in total. The summed E-state index contributed by atoms with van der Waals surface area (Å²) in [7, 11) is 1.92. The van der Waals surface area contributed by atoms with Crippen LogP contribution in [0.15, 0.2) is 29.4 Å². The molecule has 0 unspecified atom stereocenters. The molecule has 0 bridgehead atoms. The van der Waals surface area contributed by atoms with E-state index in [-0.39, 0.29) is 24.0 Å². The lowest BCUT2D eigenvalue weighted by Gasteiger charge is -2.10. The molecule has 2 N–H and O–H groups in total. The summed E-state index contributed by atoms with van der Waals surface area (Å²) < 4.78 is 2.67. The molecular formula is C14H21ClIN5S. The highest BCUT2D eigenvalue weighted by Gasteiger charge is 2.02. The molecule has 122 valence electrons. The number of aryl methyl sites for hydroxylation is 1. The lowest BCUT2D eigenvalue weighted by Crippen LogP contribution is -2.38. The Hall–Kier alpha value is -0.800. The number of guanidine groups is 1. The first-order valence-electron chi connectivity index (χ1n) is 6.92. The maximum atomic E-state index is 5.93. The predicted molar refractivity (Wildman–Crippen MR) is 104 cm³/mol. The third kappa shape index (κ3) is 6.13. The van der Waals surface area contributed by atoms with E-state index in [2.05, 4.69) is 33.7 Å². The van der Waals surface area contributed by atoms with Crippen molar-refractivity contribution in [2.75, 3.05) is 13.1 Å². The van der Waals surface area contributed by atoms with E-state index in [0.29, 0.717) is 6.54 Å². The molecular weight excluding hydrogens is 433 g/mol. The highest BCUT2D eigenvalue weighted by atomic mass is 127. The topological polar surface area (TPSA) is 54.2 Å². The summed E-state index contributed by atoms with van der Waals surface area (Å²) in [6.45, 7) is 4.33. The number of aromatic nitrogens is 2. The normalized spacial score (nSPS) is 11.1. The van der Waals surface area contributed by atoms with Gasteiger partial charge in [-0.2, -0.15) is 5.10 Å². The zero-order valence-electron chi connectivity index (χ0n) is 12.7. The highest BCUT2D eigenvalue weighted by molar-refractivity contribution is 14.0. The lowest BCUT2D eigenvalue weighted by molar-refractivity contribution is 0.707. The Labute approximate surface area is 157 Å². The van der Waals surface area contributed by atoms with Crippen LogP contribution in [0.5, 0.6) is 0 Å². The van der Waals surface area contributed by atoms with E-state index in [1.165, 1.54) is 4.88 Å². The maximum absolute atomic E-state index is 5.93. The van der Waals surface area contributed by atoms with Crippen LogP contribution in [0.2, 0.25) is 4.34 Å². The van der Waals surface area contributed by atoms with Gasteiger partial charge in [0.05, 0.1) is 16.6 Å². The molecule has 22 heavy (non-hydrogen) atoms. The summed E-state index contributed by atoms with van der Waals surface area (Å²) in [5.74, 6) is 0.821. The number of hydrogen-bond acceptors (Lipinski definition) is 3. The minimum absolute atomic E-state index is 0. The molecule has 0 saturated carbocycles. The summed E-state index contributed by atoms with van der Waals surface area (Å²) in [6.07, 6.45) is 2.72. The molecule has 0 radical (unpaired) electrons. The average Bonchev–Trinajstić information content (AvgIpc) is 3.05. The van der Waals surface area contributed by atoms with Crippen LogP contribution in [0.4, 0.5) is 0 Å². The molecule has 2 heterocycles. The van der Waals surface area contributed by atoms with Crippen molar-refractivity contribution in [3.8, 4) is 0 Å². The fourth-order valence-electron chi connectivity index (χ4n) is 1.85. The molecule has 0 saturated heterocycles. The van der Waals surface area contributed by atoms with E-state index < -0.39 is 0 Å². The molecule has 2 aromatic heterocycles. The van der Waals surface area contributed by atoms with Crippen molar-refractivity contribution in [2.45, 2.75) is 19.9 Å². The standard InChI is InChI=1S/C14H20ClN5S.HI/c1-3-16-14(18-10-11-6-9-19-20(11)2)17-8-7-12-4-5-13(15)21-12;/h4-6,9H,3,7-8,10H2,1-2H3,(H2,16,17,18);1H. The van der Waals surface area contributed by atoms with Crippen LogP contribution in [0.3, 0.4) is 0 Å². The van der Waals surface area contributed by atoms with Gasteiger partial charge in [-0.25, -0.2) is 4.99 Å². The Balaban J connectivity index is 0.00000242. The molecule has 2 aromatic rings. The summed E-state index contributed by atoms with van der Waals surface area (Å²) in [4.78, 5) is 5.84. The number of hydrogen-bond donors (Lipinski definition) is 2. The Morgan fingerprint density at radius 3 is 2.77 bits per heavy atom. The second kappa shape index (κ2) is 10.1. The fraction of sp³-hybridized carbons (Fsp3) is 0.429. The highest BCUT2D eigenvalue weighted by Crippen LogP contribution is 2.21. The fourth-order valence-corrected chi connectivity index (χ4v) is 2.94. The van der Waals surface area contributed by atoms with E-state index in [9.17, 15) is 0 Å². The number of rotatable bonds is 6. The van der Waals surface area contributed by atoms with Crippen molar-refractivity contribution < 1.29 is 0 Å². The number of nitrogens with one attached hydrogen (secondary N) is 2. The van der Waals surface area contributed by atoms with Gasteiger partial charge in [0.1, 0.15) is 0 Å². The summed E-state index contributed by atoms with van der Waals surface area (Å²) >= 11 is 7.55. The molecule has 0 aliphatic carbocycles. The first-order chi connectivity index (χ1) is 10.2. The van der Waals surface area contributed by atoms with Gasteiger partial charge >= 0.3 is 0 Å². The molecule has 0 amide bonds. The van der Waals surface area contributed by atoms with Gasteiger partial charge in [0, 0.05) is 31.2 Å². The summed E-state index contributed by atoms with van der Waals surface area (Å²) in [5.41, 5.74) is 1.08. The van der Waals surface area contributed by atoms with Crippen molar-refractivity contribution in [3.05, 3.63) is 39.3 Å². The van der Waals surface area contributed by atoms with Crippen LogP contribution in [0.1, 0.15) is 17.5 Å². The van der Waals surface area contributed by atoms with Crippen molar-refractivity contribution in [1.82, 2.24) is 20.4 Å². The van der Waals surface area contributed by atoms with Gasteiger partial charge in [0.2, 0.25) is 0 Å². The zero-order chi connectivity index (χ0) is 15.1. The van der Waals surface area contributed by atoms with E-state index >= 15 is 0 Å². The van der Waals surface area contributed by atoms with Crippen molar-refractivity contribution >= 4 is 52.9 Å². The minimum atomic E-state index is 0. The van der Waals surface area contributed by atoms with Gasteiger partial charge in [-0.15, -0.1) is 35.3 Å². The number of halogens is 2. The minimum Gasteiger partial charge on any atom is -0.357 e. The molecule has 0 fully saturated rings. The maximum Gasteiger partial charge on any atom is 0.191 e. The second-order valence-electron chi connectivity index (χ2n) is 4.52. The van der Waals surface area contributed by atoms with Gasteiger partial charge in [0.25, 0.3) is 0 Å². The van der Waals surface area contributed by atoms with Crippen LogP contribution in [-0.2, 0) is 20.0 Å². The van der Waals surface area contributed by atoms with Crippen molar-refractivity contribution in [2.24, 2.45) is 12.0 Å². The summed E-state index contributed by atoms with van der Waals surface area (Å²) in [5, 5.41) is 10.7. The number of nitrogens with zero attached hydrogens (tertiary/aromatic N) is 3. The van der Waals surface area contributed by atoms with Crippen LogP contribution >= 0.6 is 46.9 Å². The van der Waals surface area contributed by atoms with Crippen LogP contribution in [-0.4, -0.2) is 28.8 Å². The summed E-state index contributed by atoms with van der Waals surface area (Å²) in [6, 6.07) is 5.97. The first-order valence-corrected chi connectivity index (χ1v) is 8.11. The molecule has 0 aliphatic heterocycles. The third-order valence-corrected chi connectivity index (χ3v) is 4.25. The average molecular weight is 454 g/mol. The number of aliphatic imine (C=N–C) groups is 1. The third-order valence-electron chi connectivity index (χ3n) is 2.96. The SMILES string of the molecule is CCNC(=NCc1ccnn1C)NCCc1ccc(Cl)s1.I. The largest absolute Gasteiger partial charge is 0.357 e. The lowest BCUT2D eigenvalue weighted by atomic mass is 10.3. The van der Waals surface area contributed by atoms with Gasteiger partial charge in [-0.05, 0) is 31.5 Å². The van der Waals surface area contributed by atoms with Gasteiger partial charge in [0.15, 0.2) is 5.96 Å². The molecule has 0 aromatic carbocycles. The Bertz CT molecular complexity index is 596. The number of thiophene rings is 1. The van der Waals surface area contributed by atoms with E-state index in [0.717, 1.165) is 35.5 Å². The van der Waals surface area contributed by atoms with Gasteiger partial charge in [-0.1, -0.05) is 11.6 Å². The van der Waals surface area contributed by atoms with Crippen molar-refractivity contribution in [3.63, 3.8) is 0 Å². The molecule has 0 spiro atoms. The predicted octanol–water partition coefficient (Wildman–Crippen LogP) is 3.05. The van der Waals surface area contributed by atoms with Gasteiger partial charge < -0.3 is 10.6 Å². The molecule has 8 heteroatoms.